The molecular weight excluding hydrogens is 292 g/mol. The molecule has 0 saturated carbocycles. The lowest BCUT2D eigenvalue weighted by Gasteiger charge is -1.92. The number of nitrogens with one attached hydrogen (secondary N) is 1. The lowest BCUT2D eigenvalue weighted by molar-refractivity contribution is 0.459. The molecule has 0 saturated heterocycles. The summed E-state index contributed by atoms with van der Waals surface area (Å²) < 4.78 is 0.831. The number of nitrogens with two attached hydrogens (primary N) is 1. The number of hydrogen-bond donors (Lipinski definition) is 3. The Kier molecular flexibility index (Phi) is 2.88. The molecule has 4 N–H and O–H groups in total. The van der Waals surface area contributed by atoms with Gasteiger partial charge in [0.1, 0.15) is 0 Å². The van der Waals surface area contributed by atoms with E-state index >= 15 is 0 Å². The second kappa shape index (κ2) is 4.18. The maximum Gasteiger partial charge on any atom is 0.218 e. The molecule has 7 heteroatoms. The molecule has 0 atom stereocenters. The van der Waals surface area contributed by atoms with Gasteiger partial charge >= 0.3 is 0 Å². The monoisotopic (exact) mass is 298 g/mol. The van der Waals surface area contributed by atoms with Gasteiger partial charge in [0.2, 0.25) is 11.0 Å². The molecule has 0 amide bonds. The fourth-order valence-corrected chi connectivity index (χ4v) is 1.86. The molecule has 16 heavy (non-hydrogen) atoms. The van der Waals surface area contributed by atoms with E-state index in [-0.39, 0.29) is 11.0 Å². The Balaban J connectivity index is 2.65. The summed E-state index contributed by atoms with van der Waals surface area (Å²) in [6, 6.07) is 5.50. The summed E-state index contributed by atoms with van der Waals surface area (Å²) in [5, 5.41) is 17.7. The van der Waals surface area contributed by atoms with E-state index in [1.807, 2.05) is 18.2 Å². The van der Waals surface area contributed by atoms with Crippen molar-refractivity contribution in [1.82, 2.24) is 4.98 Å². The molecular formula is C9H7BrN4OS. The van der Waals surface area contributed by atoms with Gasteiger partial charge in [0.25, 0.3) is 0 Å². The molecule has 5 nitrogen and oxygen atoms in total. The summed E-state index contributed by atoms with van der Waals surface area (Å²) in [4.78, 5) is 2.79. The van der Waals surface area contributed by atoms with Gasteiger partial charge in [0.15, 0.2) is 5.69 Å². The van der Waals surface area contributed by atoms with Crippen LogP contribution >= 0.6 is 28.1 Å². The van der Waals surface area contributed by atoms with E-state index < -0.39 is 0 Å². The van der Waals surface area contributed by atoms with Gasteiger partial charge in [-0.3, -0.25) is 0 Å². The van der Waals surface area contributed by atoms with E-state index in [2.05, 4.69) is 43.4 Å². The molecule has 0 spiro atoms. The molecule has 0 unspecified atom stereocenters. The highest BCUT2D eigenvalue weighted by Gasteiger charge is 2.11. The van der Waals surface area contributed by atoms with E-state index in [1.54, 1.807) is 0 Å². The fraction of sp³-hybridized carbons (Fsp3) is 0. The lowest BCUT2D eigenvalue weighted by Crippen LogP contribution is -2.01. The number of hydrogen-bond acceptors (Lipinski definition) is 3. The van der Waals surface area contributed by atoms with Gasteiger partial charge < -0.3 is 15.8 Å². The van der Waals surface area contributed by atoms with Crippen molar-refractivity contribution in [2.75, 3.05) is 0 Å². The first kappa shape index (κ1) is 11.0. The Morgan fingerprint density at radius 1 is 1.50 bits per heavy atom. The van der Waals surface area contributed by atoms with Crippen LogP contribution < -0.4 is 5.73 Å². The van der Waals surface area contributed by atoms with Crippen LogP contribution in [0, 0.1) is 0 Å². The predicted octanol–water partition coefficient (Wildman–Crippen LogP) is 2.96. The Hall–Kier alpha value is -1.47. The van der Waals surface area contributed by atoms with E-state index in [0.29, 0.717) is 5.69 Å². The van der Waals surface area contributed by atoms with Gasteiger partial charge in [-0.2, -0.15) is 0 Å². The maximum atomic E-state index is 9.66. The van der Waals surface area contributed by atoms with Crippen molar-refractivity contribution in [3.8, 4) is 5.88 Å². The number of aromatic nitrogens is 1. The summed E-state index contributed by atoms with van der Waals surface area (Å²) >= 11 is 7.94. The summed E-state index contributed by atoms with van der Waals surface area (Å²) in [6.07, 6.45) is 0. The molecule has 0 fully saturated rings. The topological polar surface area (TPSA) is 86.8 Å². The number of para-hydroxylation sites is 1. The average molecular weight is 299 g/mol. The molecule has 1 aromatic carbocycles. The third-order valence-corrected chi connectivity index (χ3v) is 2.73. The van der Waals surface area contributed by atoms with Crippen LogP contribution in [0.2, 0.25) is 0 Å². The van der Waals surface area contributed by atoms with E-state index in [1.165, 1.54) is 0 Å². The Bertz CT molecular complexity index is 592. The first-order chi connectivity index (χ1) is 7.59. The van der Waals surface area contributed by atoms with Gasteiger partial charge in [-0.1, -0.05) is 12.1 Å². The van der Waals surface area contributed by atoms with Crippen LogP contribution in [-0.4, -0.2) is 15.2 Å². The maximum absolute atomic E-state index is 9.66. The van der Waals surface area contributed by atoms with Gasteiger partial charge in [0, 0.05) is 9.86 Å². The molecule has 0 aliphatic carbocycles. The normalized spacial score (nSPS) is 11.3. The van der Waals surface area contributed by atoms with Crippen LogP contribution in [0.15, 0.2) is 32.9 Å². The van der Waals surface area contributed by atoms with Crippen LogP contribution in [0.25, 0.3) is 10.9 Å². The first-order valence-corrected chi connectivity index (χ1v) is 5.50. The highest BCUT2D eigenvalue weighted by atomic mass is 79.9. The first-order valence-electron chi connectivity index (χ1n) is 4.30. The Labute approximate surface area is 104 Å². The Morgan fingerprint density at radius 3 is 2.94 bits per heavy atom. The number of aromatic hydroxyl groups is 1. The average Bonchev–Trinajstić information content (AvgIpc) is 2.53. The zero-order valence-corrected chi connectivity index (χ0v) is 10.3. The van der Waals surface area contributed by atoms with Gasteiger partial charge in [-0.05, 0) is 34.2 Å². The number of benzene rings is 1. The summed E-state index contributed by atoms with van der Waals surface area (Å²) in [5.41, 5.74) is 6.27. The van der Waals surface area contributed by atoms with Crippen molar-refractivity contribution >= 4 is 49.9 Å². The standard InChI is InChI=1S/C9H7BrN4OS/c10-5-3-1-2-4-6(5)12-8(15)7(4)13-14-9(11)16/h1-3,12,15H,(H2,11,16). The predicted molar refractivity (Wildman–Crippen MR) is 69.0 cm³/mol. The van der Waals surface area contributed by atoms with Crippen molar-refractivity contribution in [2.24, 2.45) is 16.0 Å². The SMILES string of the molecule is NC(=S)N=Nc1c(O)[nH]c2c(Br)cccc12. The Morgan fingerprint density at radius 2 is 2.25 bits per heavy atom. The van der Waals surface area contributed by atoms with Crippen molar-refractivity contribution in [3.63, 3.8) is 0 Å². The van der Waals surface area contributed by atoms with E-state index in [4.69, 9.17) is 5.73 Å². The van der Waals surface area contributed by atoms with Crippen LogP contribution in [0.4, 0.5) is 5.69 Å². The molecule has 2 rings (SSSR count). The molecule has 0 radical (unpaired) electrons. The number of rotatable bonds is 1. The largest absolute Gasteiger partial charge is 0.493 e. The van der Waals surface area contributed by atoms with Crippen LogP contribution in [0.3, 0.4) is 0 Å². The molecule has 2 aromatic rings. The van der Waals surface area contributed by atoms with Crippen molar-refractivity contribution in [1.29, 1.82) is 0 Å². The highest BCUT2D eigenvalue weighted by molar-refractivity contribution is 9.10. The lowest BCUT2D eigenvalue weighted by atomic mass is 10.2. The molecule has 0 bridgehead atoms. The van der Waals surface area contributed by atoms with Crippen LogP contribution in [-0.2, 0) is 0 Å². The smallest absolute Gasteiger partial charge is 0.218 e. The van der Waals surface area contributed by atoms with E-state index in [0.717, 1.165) is 15.4 Å². The van der Waals surface area contributed by atoms with Crippen LogP contribution in [0.5, 0.6) is 5.88 Å². The van der Waals surface area contributed by atoms with Gasteiger partial charge in [0.05, 0.1) is 5.52 Å². The zero-order valence-electron chi connectivity index (χ0n) is 7.94. The number of thiocarbonyl (C=S) groups is 1. The summed E-state index contributed by atoms with van der Waals surface area (Å²) in [7, 11) is 0. The van der Waals surface area contributed by atoms with E-state index in [9.17, 15) is 5.11 Å². The number of fused-ring (bicyclic) bond motifs is 1. The zero-order chi connectivity index (χ0) is 11.7. The molecule has 0 aliphatic heterocycles. The number of halogens is 1. The minimum absolute atomic E-state index is 0.0677. The molecule has 0 aliphatic rings. The number of H-pyrrole nitrogens is 1. The minimum atomic E-state index is -0.0799. The quantitative estimate of drug-likeness (QED) is 0.559. The van der Waals surface area contributed by atoms with Gasteiger partial charge in [-0.25, -0.2) is 0 Å². The molecule has 82 valence electrons. The molecule has 1 aromatic heterocycles. The number of aromatic amines is 1. The highest BCUT2D eigenvalue weighted by Crippen LogP contribution is 2.38. The second-order valence-corrected chi connectivity index (χ2v) is 4.30. The summed E-state index contributed by atoms with van der Waals surface area (Å²) in [5.74, 6) is -0.0677. The third kappa shape index (κ3) is 1.91. The molecule has 1 heterocycles. The fourth-order valence-electron chi connectivity index (χ4n) is 1.35. The third-order valence-electron chi connectivity index (χ3n) is 1.98. The van der Waals surface area contributed by atoms with Crippen molar-refractivity contribution in [3.05, 3.63) is 22.7 Å². The summed E-state index contributed by atoms with van der Waals surface area (Å²) in [6.45, 7) is 0. The van der Waals surface area contributed by atoms with Crippen molar-refractivity contribution in [2.45, 2.75) is 0 Å². The van der Waals surface area contributed by atoms with Gasteiger partial charge in [-0.15, -0.1) is 10.2 Å². The number of nitrogens with zero attached hydrogens (tertiary/aromatic N) is 2. The second-order valence-electron chi connectivity index (χ2n) is 3.02. The van der Waals surface area contributed by atoms with Crippen LogP contribution in [0.1, 0.15) is 0 Å². The minimum Gasteiger partial charge on any atom is -0.493 e. The van der Waals surface area contributed by atoms with Crippen molar-refractivity contribution < 1.29 is 5.11 Å². The number of azo groups is 1.